The van der Waals surface area contributed by atoms with Crippen LogP contribution >= 0.6 is 0 Å². The molecule has 0 fully saturated rings. The first-order valence-corrected chi connectivity index (χ1v) is 29.8. The SMILES string of the molecule is CCCCC/C=C\C/C=C\C/C=C\CCCCCCCCCOCC(COC(=O)CCCCCCCCCCC/C=C\CCCCCCCC)OC(=O)CCCCCCC/C=C\CCCCCC. The summed E-state index contributed by atoms with van der Waals surface area (Å²) in [5, 5.41) is 0. The lowest BCUT2D eigenvalue weighted by atomic mass is 10.1. The highest BCUT2D eigenvalue weighted by Crippen LogP contribution is 2.15. The number of hydrogen-bond donors (Lipinski definition) is 0. The van der Waals surface area contributed by atoms with Crippen molar-refractivity contribution in [1.29, 1.82) is 0 Å². The minimum atomic E-state index is -0.548. The van der Waals surface area contributed by atoms with Crippen molar-refractivity contribution in [3.63, 3.8) is 0 Å². The van der Waals surface area contributed by atoms with E-state index in [-0.39, 0.29) is 25.2 Å². The summed E-state index contributed by atoms with van der Waals surface area (Å²) >= 11 is 0. The topological polar surface area (TPSA) is 61.8 Å². The molecule has 0 aromatic heterocycles. The van der Waals surface area contributed by atoms with Crippen molar-refractivity contribution in [2.75, 3.05) is 19.8 Å². The third kappa shape index (κ3) is 56.2. The van der Waals surface area contributed by atoms with Crippen molar-refractivity contribution in [3.8, 4) is 0 Å². The maximum absolute atomic E-state index is 12.8. The lowest BCUT2D eigenvalue weighted by Gasteiger charge is -2.18. The number of esters is 2. The van der Waals surface area contributed by atoms with Gasteiger partial charge in [-0.25, -0.2) is 0 Å². The molecular weight excluding hydrogens is 837 g/mol. The molecule has 5 heteroatoms. The quantitative estimate of drug-likeness (QED) is 0.0345. The predicted octanol–water partition coefficient (Wildman–Crippen LogP) is 20.5. The molecule has 1 atom stereocenters. The maximum atomic E-state index is 12.8. The minimum absolute atomic E-state index is 0.0777. The van der Waals surface area contributed by atoms with Crippen molar-refractivity contribution in [2.45, 2.75) is 309 Å². The van der Waals surface area contributed by atoms with Gasteiger partial charge in [0.15, 0.2) is 6.10 Å². The molecule has 0 aromatic rings. The number of rotatable bonds is 55. The summed E-state index contributed by atoms with van der Waals surface area (Å²) in [5.74, 6) is -0.404. The van der Waals surface area contributed by atoms with Gasteiger partial charge in [0.05, 0.1) is 6.61 Å². The Balaban J connectivity index is 4.25. The average Bonchev–Trinajstić information content (AvgIpc) is 3.34. The summed E-state index contributed by atoms with van der Waals surface area (Å²) < 4.78 is 17.5. The summed E-state index contributed by atoms with van der Waals surface area (Å²) in [5.41, 5.74) is 0. The average molecular weight is 952 g/mol. The van der Waals surface area contributed by atoms with Crippen molar-refractivity contribution in [1.82, 2.24) is 0 Å². The van der Waals surface area contributed by atoms with Gasteiger partial charge < -0.3 is 14.2 Å². The molecule has 5 nitrogen and oxygen atoms in total. The van der Waals surface area contributed by atoms with Crippen LogP contribution in [0.15, 0.2) is 60.8 Å². The standard InChI is InChI=1S/C63H114O5/c1-4-7-10-13-16-19-22-25-27-29-31-33-35-37-40-43-46-49-52-55-58-66-59-61(68-63(65)57-54-51-48-45-42-38-24-21-18-15-12-9-6-3)60-67-62(64)56-53-50-47-44-41-39-36-34-32-30-28-26-23-20-17-14-11-8-5-2/h16,19,21,24-28,31,33,61H,4-15,17-18,20,22-23,29-30,32,34-60H2,1-3H3/b19-16-,24-21-,27-25-,28-26-,33-31-. The molecule has 0 saturated carbocycles. The lowest BCUT2D eigenvalue weighted by Crippen LogP contribution is -2.30. The van der Waals surface area contributed by atoms with Gasteiger partial charge in [-0.2, -0.15) is 0 Å². The fourth-order valence-electron chi connectivity index (χ4n) is 8.51. The van der Waals surface area contributed by atoms with E-state index in [0.29, 0.717) is 19.4 Å². The molecule has 1 unspecified atom stereocenters. The first kappa shape index (κ1) is 65.6. The third-order valence-corrected chi connectivity index (χ3v) is 13.0. The second-order valence-electron chi connectivity index (χ2n) is 19.9. The van der Waals surface area contributed by atoms with E-state index in [4.69, 9.17) is 14.2 Å². The molecule has 0 N–H and O–H groups in total. The summed E-state index contributed by atoms with van der Waals surface area (Å²) in [7, 11) is 0. The van der Waals surface area contributed by atoms with Crippen LogP contribution in [0.2, 0.25) is 0 Å². The summed E-state index contributed by atoms with van der Waals surface area (Å²) in [6.07, 6.45) is 75.3. The van der Waals surface area contributed by atoms with E-state index in [1.54, 1.807) is 0 Å². The van der Waals surface area contributed by atoms with Crippen molar-refractivity contribution >= 4 is 11.9 Å². The largest absolute Gasteiger partial charge is 0.462 e. The molecule has 0 aliphatic carbocycles. The number of carbonyl (C=O) groups excluding carboxylic acids is 2. The van der Waals surface area contributed by atoms with Crippen LogP contribution in [-0.2, 0) is 23.8 Å². The first-order chi connectivity index (χ1) is 33.6. The Morgan fingerprint density at radius 1 is 0.324 bits per heavy atom. The van der Waals surface area contributed by atoms with Crippen LogP contribution in [0, 0.1) is 0 Å². The molecule has 0 saturated heterocycles. The molecule has 0 aliphatic heterocycles. The van der Waals surface area contributed by atoms with Crippen LogP contribution in [0.5, 0.6) is 0 Å². The molecule has 0 spiro atoms. The van der Waals surface area contributed by atoms with Gasteiger partial charge in [-0.05, 0) is 109 Å². The molecule has 0 rings (SSSR count). The van der Waals surface area contributed by atoms with Gasteiger partial charge >= 0.3 is 11.9 Å². The van der Waals surface area contributed by atoms with E-state index in [1.807, 2.05) is 0 Å². The highest BCUT2D eigenvalue weighted by atomic mass is 16.6. The highest BCUT2D eigenvalue weighted by Gasteiger charge is 2.17. The summed E-state index contributed by atoms with van der Waals surface area (Å²) in [6.45, 7) is 7.79. The zero-order valence-corrected chi connectivity index (χ0v) is 45.6. The van der Waals surface area contributed by atoms with Gasteiger partial charge in [0, 0.05) is 19.4 Å². The Kier molecular flexibility index (Phi) is 56.8. The number of unbranched alkanes of at least 4 members (excludes halogenated alkanes) is 34. The second kappa shape index (κ2) is 58.9. The molecule has 0 bridgehead atoms. The van der Waals surface area contributed by atoms with Crippen LogP contribution in [0.25, 0.3) is 0 Å². The third-order valence-electron chi connectivity index (χ3n) is 13.0. The molecule has 0 aromatic carbocycles. The zero-order valence-electron chi connectivity index (χ0n) is 45.6. The lowest BCUT2D eigenvalue weighted by molar-refractivity contribution is -0.163. The normalized spacial score (nSPS) is 12.6. The Morgan fingerprint density at radius 2 is 0.618 bits per heavy atom. The van der Waals surface area contributed by atoms with Crippen molar-refractivity contribution in [2.24, 2.45) is 0 Å². The fraction of sp³-hybridized carbons (Fsp3) is 0.810. The summed E-state index contributed by atoms with van der Waals surface area (Å²) in [6, 6.07) is 0. The van der Waals surface area contributed by atoms with E-state index in [9.17, 15) is 9.59 Å². The molecule has 0 amide bonds. The maximum Gasteiger partial charge on any atom is 0.306 e. The number of carbonyl (C=O) groups is 2. The van der Waals surface area contributed by atoms with Crippen LogP contribution in [0.3, 0.4) is 0 Å². The van der Waals surface area contributed by atoms with Gasteiger partial charge in [0.25, 0.3) is 0 Å². The monoisotopic (exact) mass is 951 g/mol. The van der Waals surface area contributed by atoms with E-state index >= 15 is 0 Å². The Labute approximate surface area is 424 Å². The van der Waals surface area contributed by atoms with Crippen LogP contribution in [0.4, 0.5) is 0 Å². The highest BCUT2D eigenvalue weighted by molar-refractivity contribution is 5.70. The second-order valence-corrected chi connectivity index (χ2v) is 19.9. The Bertz CT molecular complexity index is 1170. The van der Waals surface area contributed by atoms with Gasteiger partial charge in [0.1, 0.15) is 6.61 Å². The number of allylic oxidation sites excluding steroid dienone is 10. The van der Waals surface area contributed by atoms with Crippen LogP contribution < -0.4 is 0 Å². The van der Waals surface area contributed by atoms with E-state index in [0.717, 1.165) is 64.2 Å². The van der Waals surface area contributed by atoms with E-state index in [2.05, 4.69) is 81.5 Å². The molecule has 0 heterocycles. The number of ether oxygens (including phenoxy) is 3. The molecule has 396 valence electrons. The molecule has 68 heavy (non-hydrogen) atoms. The minimum Gasteiger partial charge on any atom is -0.462 e. The van der Waals surface area contributed by atoms with Gasteiger partial charge in [-0.3, -0.25) is 9.59 Å². The zero-order chi connectivity index (χ0) is 49.2. The van der Waals surface area contributed by atoms with Gasteiger partial charge in [0.2, 0.25) is 0 Å². The van der Waals surface area contributed by atoms with Gasteiger partial charge in [-0.15, -0.1) is 0 Å². The van der Waals surface area contributed by atoms with E-state index < -0.39 is 6.10 Å². The predicted molar refractivity (Wildman–Crippen MR) is 298 cm³/mol. The summed E-state index contributed by atoms with van der Waals surface area (Å²) in [4.78, 5) is 25.5. The van der Waals surface area contributed by atoms with Crippen LogP contribution in [-0.4, -0.2) is 37.9 Å². The van der Waals surface area contributed by atoms with Crippen molar-refractivity contribution in [3.05, 3.63) is 60.8 Å². The van der Waals surface area contributed by atoms with Gasteiger partial charge in [-0.1, -0.05) is 242 Å². The molecule has 0 radical (unpaired) electrons. The first-order valence-electron chi connectivity index (χ1n) is 29.8. The number of hydrogen-bond acceptors (Lipinski definition) is 5. The Morgan fingerprint density at radius 3 is 1.04 bits per heavy atom. The van der Waals surface area contributed by atoms with E-state index in [1.165, 1.54) is 205 Å². The van der Waals surface area contributed by atoms with Crippen molar-refractivity contribution < 1.29 is 23.8 Å². The fourth-order valence-corrected chi connectivity index (χ4v) is 8.51. The molecular formula is C63H114O5. The smallest absolute Gasteiger partial charge is 0.306 e. The molecule has 0 aliphatic rings. The van der Waals surface area contributed by atoms with Crippen LogP contribution in [0.1, 0.15) is 303 Å². The Hall–Kier alpha value is -2.40.